The third-order valence-corrected chi connectivity index (χ3v) is 3.17. The number of carbonyl (C=O) groups excluding carboxylic acids is 1. The molecule has 0 spiro atoms. The molecule has 0 saturated carbocycles. The van der Waals surface area contributed by atoms with Gasteiger partial charge in [-0.1, -0.05) is 41.9 Å². The maximum atomic E-state index is 11.8. The van der Waals surface area contributed by atoms with E-state index in [-0.39, 0.29) is 6.61 Å². The summed E-state index contributed by atoms with van der Waals surface area (Å²) in [5.41, 5.74) is 1.38. The predicted octanol–water partition coefficient (Wildman–Crippen LogP) is 4.03. The number of ether oxygens (including phenoxy) is 1. The fraction of sp³-hybridized carbons (Fsp3) is 0.0625. The van der Waals surface area contributed by atoms with Gasteiger partial charge in [-0.15, -0.1) is 0 Å². The summed E-state index contributed by atoms with van der Waals surface area (Å²) in [6, 6.07) is 16.4. The molecule has 0 radical (unpaired) electrons. The summed E-state index contributed by atoms with van der Waals surface area (Å²) in [6.45, 7) is 0.199. The monoisotopic (exact) mass is 313 g/mol. The molecule has 0 aliphatic carbocycles. The van der Waals surface area contributed by atoms with Crippen molar-refractivity contribution in [1.82, 2.24) is 9.97 Å². The molecule has 0 saturated heterocycles. The molecular formula is C16H12ClN3O2. The summed E-state index contributed by atoms with van der Waals surface area (Å²) >= 11 is 5.83. The van der Waals surface area contributed by atoms with E-state index in [9.17, 15) is 4.79 Å². The Balaban J connectivity index is 1.66. The maximum absolute atomic E-state index is 11.8. The number of nitrogens with zero attached hydrogens (tertiary/aromatic N) is 2. The van der Waals surface area contributed by atoms with Crippen molar-refractivity contribution in [3.63, 3.8) is 0 Å². The molecule has 1 amide bonds. The highest BCUT2D eigenvalue weighted by molar-refractivity contribution is 6.29. The fourth-order valence-electron chi connectivity index (χ4n) is 1.91. The first-order valence-corrected chi connectivity index (χ1v) is 6.99. The Morgan fingerprint density at radius 1 is 1.05 bits per heavy atom. The number of anilines is 1. The van der Waals surface area contributed by atoms with Gasteiger partial charge in [0.15, 0.2) is 5.65 Å². The molecular weight excluding hydrogens is 302 g/mol. The van der Waals surface area contributed by atoms with Crippen LogP contribution in [-0.2, 0) is 11.3 Å². The van der Waals surface area contributed by atoms with E-state index in [1.807, 2.05) is 36.4 Å². The van der Waals surface area contributed by atoms with Gasteiger partial charge in [0.05, 0.1) is 0 Å². The molecule has 0 bridgehead atoms. The number of amides is 1. The lowest BCUT2D eigenvalue weighted by Gasteiger charge is -2.07. The zero-order valence-corrected chi connectivity index (χ0v) is 12.2. The number of pyridine rings is 2. The van der Waals surface area contributed by atoms with Crippen LogP contribution in [0.4, 0.5) is 10.6 Å². The Kier molecular flexibility index (Phi) is 4.16. The average Bonchev–Trinajstić information content (AvgIpc) is 2.53. The zero-order valence-electron chi connectivity index (χ0n) is 11.5. The molecule has 6 heteroatoms. The molecule has 2 heterocycles. The van der Waals surface area contributed by atoms with E-state index in [2.05, 4.69) is 15.3 Å². The molecule has 0 atom stereocenters. The summed E-state index contributed by atoms with van der Waals surface area (Å²) in [5, 5.41) is 3.76. The minimum atomic E-state index is -0.572. The van der Waals surface area contributed by atoms with Gasteiger partial charge in [0.1, 0.15) is 17.6 Å². The van der Waals surface area contributed by atoms with Crippen LogP contribution in [0.15, 0.2) is 54.6 Å². The number of hydrogen-bond donors (Lipinski definition) is 1. The summed E-state index contributed by atoms with van der Waals surface area (Å²) < 4.78 is 5.13. The first-order valence-electron chi connectivity index (χ1n) is 6.62. The topological polar surface area (TPSA) is 64.1 Å². The van der Waals surface area contributed by atoms with Crippen LogP contribution in [0.5, 0.6) is 0 Å². The van der Waals surface area contributed by atoms with Crippen molar-refractivity contribution in [1.29, 1.82) is 0 Å². The number of benzene rings is 1. The zero-order chi connectivity index (χ0) is 15.4. The van der Waals surface area contributed by atoms with Crippen LogP contribution in [-0.4, -0.2) is 16.1 Å². The Morgan fingerprint density at radius 2 is 1.82 bits per heavy atom. The first kappa shape index (κ1) is 14.3. The summed E-state index contributed by atoms with van der Waals surface area (Å²) in [4.78, 5) is 20.1. The molecule has 0 unspecified atom stereocenters. The number of carbonyl (C=O) groups is 1. The van der Waals surface area contributed by atoms with Crippen molar-refractivity contribution in [3.8, 4) is 0 Å². The second-order valence-corrected chi connectivity index (χ2v) is 4.95. The number of hydrogen-bond acceptors (Lipinski definition) is 4. The number of halogens is 1. The van der Waals surface area contributed by atoms with Crippen LogP contribution in [0, 0.1) is 0 Å². The molecule has 3 rings (SSSR count). The van der Waals surface area contributed by atoms with Gasteiger partial charge < -0.3 is 4.74 Å². The molecule has 0 aliphatic heterocycles. The lowest BCUT2D eigenvalue weighted by Crippen LogP contribution is -2.14. The van der Waals surface area contributed by atoms with Crippen molar-refractivity contribution >= 4 is 34.5 Å². The minimum absolute atomic E-state index is 0.199. The highest BCUT2D eigenvalue weighted by atomic mass is 35.5. The number of nitrogens with one attached hydrogen (secondary N) is 1. The third kappa shape index (κ3) is 3.51. The number of rotatable bonds is 3. The van der Waals surface area contributed by atoms with Gasteiger partial charge in [-0.2, -0.15) is 0 Å². The van der Waals surface area contributed by atoms with Gasteiger partial charge in [0, 0.05) is 5.39 Å². The second-order valence-electron chi connectivity index (χ2n) is 4.56. The average molecular weight is 314 g/mol. The van der Waals surface area contributed by atoms with Crippen LogP contribution in [0.3, 0.4) is 0 Å². The molecule has 0 aliphatic rings. The normalized spacial score (nSPS) is 10.4. The van der Waals surface area contributed by atoms with Crippen LogP contribution in [0.2, 0.25) is 5.15 Å². The minimum Gasteiger partial charge on any atom is -0.444 e. The number of fused-ring (bicyclic) bond motifs is 1. The SMILES string of the molecule is O=C(Nc1ccc2ccc(Cl)nc2n1)OCc1ccccc1. The molecule has 3 aromatic rings. The van der Waals surface area contributed by atoms with Crippen LogP contribution >= 0.6 is 11.6 Å². The standard InChI is InChI=1S/C16H12ClN3O2/c17-13-8-6-12-7-9-14(19-15(12)18-13)20-16(21)22-10-11-4-2-1-3-5-11/h1-9H,10H2,(H,18,19,20,21). The Bertz CT molecular complexity index is 809. The van der Waals surface area contributed by atoms with Gasteiger partial charge >= 0.3 is 6.09 Å². The van der Waals surface area contributed by atoms with Gasteiger partial charge in [0.2, 0.25) is 0 Å². The van der Waals surface area contributed by atoms with Crippen molar-refractivity contribution in [2.24, 2.45) is 0 Å². The molecule has 5 nitrogen and oxygen atoms in total. The van der Waals surface area contributed by atoms with Gasteiger partial charge in [-0.3, -0.25) is 5.32 Å². The fourth-order valence-corrected chi connectivity index (χ4v) is 2.05. The van der Waals surface area contributed by atoms with Crippen molar-refractivity contribution < 1.29 is 9.53 Å². The molecule has 1 N–H and O–H groups in total. The lowest BCUT2D eigenvalue weighted by molar-refractivity contribution is 0.155. The lowest BCUT2D eigenvalue weighted by atomic mass is 10.2. The summed E-state index contributed by atoms with van der Waals surface area (Å²) in [7, 11) is 0. The van der Waals surface area contributed by atoms with E-state index in [0.29, 0.717) is 16.6 Å². The molecule has 22 heavy (non-hydrogen) atoms. The van der Waals surface area contributed by atoms with Crippen LogP contribution in [0.25, 0.3) is 11.0 Å². The first-order chi connectivity index (χ1) is 10.7. The molecule has 2 aromatic heterocycles. The van der Waals surface area contributed by atoms with Gasteiger partial charge in [0.25, 0.3) is 0 Å². The van der Waals surface area contributed by atoms with Gasteiger partial charge in [-0.05, 0) is 29.8 Å². The van der Waals surface area contributed by atoms with Gasteiger partial charge in [-0.25, -0.2) is 14.8 Å². The number of aromatic nitrogens is 2. The van der Waals surface area contributed by atoms with E-state index < -0.39 is 6.09 Å². The van der Waals surface area contributed by atoms with Crippen molar-refractivity contribution in [2.75, 3.05) is 5.32 Å². The van der Waals surface area contributed by atoms with E-state index in [4.69, 9.17) is 16.3 Å². The Morgan fingerprint density at radius 3 is 2.64 bits per heavy atom. The smallest absolute Gasteiger partial charge is 0.413 e. The third-order valence-electron chi connectivity index (χ3n) is 2.96. The summed E-state index contributed by atoms with van der Waals surface area (Å²) in [5.74, 6) is 0.361. The van der Waals surface area contributed by atoms with E-state index in [0.717, 1.165) is 10.9 Å². The molecule has 1 aromatic carbocycles. The highest BCUT2D eigenvalue weighted by Crippen LogP contribution is 2.16. The summed E-state index contributed by atoms with van der Waals surface area (Å²) in [6.07, 6.45) is -0.572. The molecule has 0 fully saturated rings. The van der Waals surface area contributed by atoms with E-state index >= 15 is 0 Å². The van der Waals surface area contributed by atoms with Crippen LogP contribution in [0.1, 0.15) is 5.56 Å². The molecule has 110 valence electrons. The van der Waals surface area contributed by atoms with E-state index in [1.165, 1.54) is 0 Å². The predicted molar refractivity (Wildman–Crippen MR) is 84.8 cm³/mol. The Labute approximate surface area is 131 Å². The largest absolute Gasteiger partial charge is 0.444 e. The van der Waals surface area contributed by atoms with Crippen molar-refractivity contribution in [2.45, 2.75) is 6.61 Å². The van der Waals surface area contributed by atoms with Crippen LogP contribution < -0.4 is 5.32 Å². The Hall–Kier alpha value is -2.66. The van der Waals surface area contributed by atoms with Crippen molar-refractivity contribution in [3.05, 3.63) is 65.3 Å². The maximum Gasteiger partial charge on any atom is 0.413 e. The highest BCUT2D eigenvalue weighted by Gasteiger charge is 2.06. The quantitative estimate of drug-likeness (QED) is 0.741. The van der Waals surface area contributed by atoms with E-state index in [1.54, 1.807) is 18.2 Å². The second kappa shape index (κ2) is 6.41.